The number of benzene rings is 1. The molecule has 0 amide bonds. The Morgan fingerprint density at radius 2 is 2.05 bits per heavy atom. The zero-order valence-corrected chi connectivity index (χ0v) is 11.7. The van der Waals surface area contributed by atoms with Gasteiger partial charge in [-0.25, -0.2) is 22.5 Å². The number of nitrogens with zero attached hydrogens (tertiary/aromatic N) is 1. The van der Waals surface area contributed by atoms with E-state index >= 15 is 0 Å². The number of pyridine rings is 1. The molecule has 0 saturated carbocycles. The van der Waals surface area contributed by atoms with Crippen LogP contribution in [0.1, 0.15) is 5.56 Å². The molecule has 0 atom stereocenters. The third-order valence-electron chi connectivity index (χ3n) is 2.52. The van der Waals surface area contributed by atoms with Crippen LogP contribution in [0.2, 0.25) is 5.02 Å². The van der Waals surface area contributed by atoms with Crippen LogP contribution >= 0.6 is 11.6 Å². The van der Waals surface area contributed by atoms with Crippen molar-refractivity contribution in [3.8, 4) is 0 Å². The summed E-state index contributed by atoms with van der Waals surface area (Å²) in [5.74, 6) is -0.324. The molecule has 0 fully saturated rings. The second kappa shape index (κ2) is 5.74. The van der Waals surface area contributed by atoms with Gasteiger partial charge in [-0.05, 0) is 29.8 Å². The molecule has 5 nitrogen and oxygen atoms in total. The third-order valence-corrected chi connectivity index (χ3v) is 4.20. The van der Waals surface area contributed by atoms with Crippen molar-refractivity contribution in [1.29, 1.82) is 0 Å². The van der Waals surface area contributed by atoms with Gasteiger partial charge in [0.1, 0.15) is 16.5 Å². The van der Waals surface area contributed by atoms with Crippen molar-refractivity contribution in [2.24, 2.45) is 0 Å². The third kappa shape index (κ3) is 3.44. The molecule has 3 N–H and O–H groups in total. The van der Waals surface area contributed by atoms with Crippen molar-refractivity contribution in [1.82, 2.24) is 9.71 Å². The molecule has 0 aliphatic carbocycles. The Morgan fingerprint density at radius 1 is 1.30 bits per heavy atom. The van der Waals surface area contributed by atoms with Crippen LogP contribution in [-0.2, 0) is 16.6 Å². The first-order valence-electron chi connectivity index (χ1n) is 5.53. The summed E-state index contributed by atoms with van der Waals surface area (Å²) in [5, 5.41) is -0.0594. The summed E-state index contributed by atoms with van der Waals surface area (Å²) in [6.07, 6.45) is 1.16. The smallest absolute Gasteiger partial charge is 0.242 e. The number of hydrogen-bond acceptors (Lipinski definition) is 4. The van der Waals surface area contributed by atoms with Gasteiger partial charge in [-0.2, -0.15) is 0 Å². The molecule has 0 radical (unpaired) electrons. The lowest BCUT2D eigenvalue weighted by atomic mass is 10.2. The van der Waals surface area contributed by atoms with Crippen molar-refractivity contribution < 1.29 is 12.8 Å². The lowest BCUT2D eigenvalue weighted by Gasteiger charge is -2.07. The normalized spacial score (nSPS) is 11.5. The average molecular weight is 316 g/mol. The average Bonchev–Trinajstić information content (AvgIpc) is 2.41. The second-order valence-electron chi connectivity index (χ2n) is 3.99. The Morgan fingerprint density at radius 3 is 2.65 bits per heavy atom. The molecule has 0 spiro atoms. The predicted molar refractivity (Wildman–Crippen MR) is 74.1 cm³/mol. The molecule has 1 aromatic carbocycles. The Kier molecular flexibility index (Phi) is 4.22. The zero-order valence-electron chi connectivity index (χ0n) is 10.2. The monoisotopic (exact) mass is 315 g/mol. The second-order valence-corrected chi connectivity index (χ2v) is 6.17. The molecule has 2 aromatic rings. The lowest BCUT2D eigenvalue weighted by molar-refractivity contribution is 0.581. The first kappa shape index (κ1) is 14.7. The molecule has 1 heterocycles. The van der Waals surface area contributed by atoms with Gasteiger partial charge in [-0.15, -0.1) is 0 Å². The van der Waals surface area contributed by atoms with Gasteiger partial charge in [0.2, 0.25) is 10.0 Å². The largest absolute Gasteiger partial charge is 0.384 e. The van der Waals surface area contributed by atoms with E-state index in [0.717, 1.165) is 6.20 Å². The molecule has 0 saturated heterocycles. The van der Waals surface area contributed by atoms with Crippen molar-refractivity contribution in [2.75, 3.05) is 5.73 Å². The summed E-state index contributed by atoms with van der Waals surface area (Å²) in [6, 6.07) is 6.73. The quantitative estimate of drug-likeness (QED) is 0.903. The minimum absolute atomic E-state index is 0.0000846. The summed E-state index contributed by atoms with van der Waals surface area (Å²) >= 11 is 5.62. The number of halogens is 2. The van der Waals surface area contributed by atoms with Gasteiger partial charge in [0, 0.05) is 12.7 Å². The number of aromatic nitrogens is 1. The predicted octanol–water partition coefficient (Wildman–Crippen LogP) is 1.93. The number of nitrogens with one attached hydrogen (secondary N) is 1. The summed E-state index contributed by atoms with van der Waals surface area (Å²) in [5.41, 5.74) is 5.93. The Labute approximate surface area is 120 Å². The SMILES string of the molecule is Nc1ccc(S(=O)(=O)NCc2ccc(F)c(Cl)c2)cn1. The molecule has 8 heteroatoms. The van der Waals surface area contributed by atoms with E-state index in [-0.39, 0.29) is 22.3 Å². The van der Waals surface area contributed by atoms with E-state index in [1.807, 2.05) is 0 Å². The molecule has 0 unspecified atom stereocenters. The molecule has 0 aliphatic heterocycles. The van der Waals surface area contributed by atoms with Gasteiger partial charge in [0.15, 0.2) is 0 Å². The maximum absolute atomic E-state index is 13.0. The van der Waals surface area contributed by atoms with E-state index in [2.05, 4.69) is 9.71 Å². The number of rotatable bonds is 4. The number of hydrogen-bond donors (Lipinski definition) is 2. The van der Waals surface area contributed by atoms with Gasteiger partial charge >= 0.3 is 0 Å². The first-order chi connectivity index (χ1) is 9.38. The molecule has 1 aromatic heterocycles. The zero-order chi connectivity index (χ0) is 14.8. The summed E-state index contributed by atoms with van der Waals surface area (Å²) < 4.78 is 39.3. The van der Waals surface area contributed by atoms with Crippen LogP contribution < -0.4 is 10.5 Å². The number of anilines is 1. The van der Waals surface area contributed by atoms with E-state index in [1.54, 1.807) is 0 Å². The highest BCUT2D eigenvalue weighted by atomic mass is 35.5. The van der Waals surface area contributed by atoms with Crippen LogP contribution in [0.15, 0.2) is 41.4 Å². The molecule has 106 valence electrons. The Bertz CT molecular complexity index is 720. The van der Waals surface area contributed by atoms with Gasteiger partial charge in [0.25, 0.3) is 0 Å². The standard InChI is InChI=1S/C12H11ClFN3O2S/c13-10-5-8(1-3-11(10)14)6-17-20(18,19)9-2-4-12(15)16-7-9/h1-5,7,17H,6H2,(H2,15,16). The summed E-state index contributed by atoms with van der Waals surface area (Å²) in [7, 11) is -3.70. The number of nitrogens with two attached hydrogens (primary N) is 1. The number of nitrogen functional groups attached to an aromatic ring is 1. The maximum Gasteiger partial charge on any atom is 0.242 e. The molecular formula is C12H11ClFN3O2S. The van der Waals surface area contributed by atoms with E-state index < -0.39 is 15.8 Å². The Hall–Kier alpha value is -1.70. The highest BCUT2D eigenvalue weighted by Gasteiger charge is 2.14. The van der Waals surface area contributed by atoms with Crippen LogP contribution in [0.25, 0.3) is 0 Å². The van der Waals surface area contributed by atoms with Gasteiger partial charge in [0.05, 0.1) is 5.02 Å². The van der Waals surface area contributed by atoms with Crippen LogP contribution in [0, 0.1) is 5.82 Å². The van der Waals surface area contributed by atoms with E-state index in [4.69, 9.17) is 17.3 Å². The van der Waals surface area contributed by atoms with Crippen molar-refractivity contribution >= 4 is 27.4 Å². The minimum atomic E-state index is -3.70. The van der Waals surface area contributed by atoms with Crippen LogP contribution in [0.3, 0.4) is 0 Å². The fourth-order valence-electron chi connectivity index (χ4n) is 1.46. The fourth-order valence-corrected chi connectivity index (χ4v) is 2.63. The van der Waals surface area contributed by atoms with Crippen molar-refractivity contribution in [3.05, 3.63) is 52.9 Å². The molecule has 20 heavy (non-hydrogen) atoms. The fraction of sp³-hybridized carbons (Fsp3) is 0.0833. The summed E-state index contributed by atoms with van der Waals surface area (Å²) in [4.78, 5) is 3.71. The highest BCUT2D eigenvalue weighted by molar-refractivity contribution is 7.89. The molecule has 0 bridgehead atoms. The van der Waals surface area contributed by atoms with Gasteiger partial charge in [-0.1, -0.05) is 17.7 Å². The molecular weight excluding hydrogens is 305 g/mol. The van der Waals surface area contributed by atoms with Crippen LogP contribution in [0.4, 0.5) is 10.2 Å². The lowest BCUT2D eigenvalue weighted by Crippen LogP contribution is -2.23. The van der Waals surface area contributed by atoms with E-state index in [9.17, 15) is 12.8 Å². The minimum Gasteiger partial charge on any atom is -0.384 e. The first-order valence-corrected chi connectivity index (χ1v) is 7.40. The highest BCUT2D eigenvalue weighted by Crippen LogP contribution is 2.16. The van der Waals surface area contributed by atoms with E-state index in [1.165, 1.54) is 30.3 Å². The Balaban J connectivity index is 2.13. The van der Waals surface area contributed by atoms with Gasteiger partial charge < -0.3 is 5.73 Å². The van der Waals surface area contributed by atoms with Gasteiger partial charge in [-0.3, -0.25) is 0 Å². The van der Waals surface area contributed by atoms with Crippen molar-refractivity contribution in [2.45, 2.75) is 11.4 Å². The summed E-state index contributed by atoms with van der Waals surface area (Å²) in [6.45, 7) is -0.00723. The van der Waals surface area contributed by atoms with Crippen molar-refractivity contribution in [3.63, 3.8) is 0 Å². The topological polar surface area (TPSA) is 85.1 Å². The molecule has 2 rings (SSSR count). The van der Waals surface area contributed by atoms with Crippen LogP contribution in [0.5, 0.6) is 0 Å². The molecule has 0 aliphatic rings. The number of sulfonamides is 1. The van der Waals surface area contributed by atoms with E-state index in [0.29, 0.717) is 5.56 Å². The maximum atomic E-state index is 13.0. The van der Waals surface area contributed by atoms with Crippen LogP contribution in [-0.4, -0.2) is 13.4 Å².